The van der Waals surface area contributed by atoms with E-state index < -0.39 is 0 Å². The highest BCUT2D eigenvalue weighted by Gasteiger charge is 2.09. The highest BCUT2D eigenvalue weighted by atomic mass is 35.5. The van der Waals surface area contributed by atoms with Gasteiger partial charge in [-0.3, -0.25) is 0 Å². The number of rotatable bonds is 3. The van der Waals surface area contributed by atoms with Crippen molar-refractivity contribution in [2.45, 2.75) is 16.0 Å². The van der Waals surface area contributed by atoms with Crippen LogP contribution >= 0.6 is 34.7 Å². The predicted molar refractivity (Wildman–Crippen MR) is 61.4 cm³/mol. The predicted octanol–water partition coefficient (Wildman–Crippen LogP) is 2.84. The molecule has 0 aromatic carbocycles. The molecule has 0 saturated carbocycles. The lowest BCUT2D eigenvalue weighted by atomic mass is 10.5. The van der Waals surface area contributed by atoms with Gasteiger partial charge in [-0.2, -0.15) is 0 Å². The van der Waals surface area contributed by atoms with Crippen molar-refractivity contribution in [1.29, 1.82) is 0 Å². The van der Waals surface area contributed by atoms with Crippen molar-refractivity contribution in [1.82, 2.24) is 9.97 Å². The molecule has 2 heterocycles. The van der Waals surface area contributed by atoms with E-state index in [9.17, 15) is 0 Å². The van der Waals surface area contributed by atoms with Gasteiger partial charge < -0.3 is 5.11 Å². The summed E-state index contributed by atoms with van der Waals surface area (Å²) in [5.74, 6) is 0. The van der Waals surface area contributed by atoms with Gasteiger partial charge in [-0.1, -0.05) is 17.7 Å². The fourth-order valence-corrected chi connectivity index (χ4v) is 3.15. The maximum atomic E-state index is 8.96. The zero-order chi connectivity index (χ0) is 10.7. The molecule has 0 bridgehead atoms. The Hall–Kier alpha value is -0.620. The van der Waals surface area contributed by atoms with Crippen LogP contribution < -0.4 is 0 Å². The molecule has 0 atom stereocenters. The van der Waals surface area contributed by atoms with E-state index >= 15 is 0 Å². The standard InChI is InChI=1S/C9H7ClN2OS2/c10-8-6(5-13)14-9(12-8)15-7-3-1-2-4-11-7/h1-4,13H,5H2. The van der Waals surface area contributed by atoms with Crippen molar-refractivity contribution in [3.05, 3.63) is 34.4 Å². The second-order valence-electron chi connectivity index (χ2n) is 2.62. The van der Waals surface area contributed by atoms with E-state index in [4.69, 9.17) is 16.7 Å². The summed E-state index contributed by atoms with van der Waals surface area (Å²) in [5, 5.41) is 10.2. The quantitative estimate of drug-likeness (QED) is 0.920. The summed E-state index contributed by atoms with van der Waals surface area (Å²) in [5.41, 5.74) is 0. The van der Waals surface area contributed by atoms with Crippen molar-refractivity contribution in [2.24, 2.45) is 0 Å². The molecule has 0 aliphatic heterocycles. The number of aliphatic hydroxyl groups excluding tert-OH is 1. The summed E-state index contributed by atoms with van der Waals surface area (Å²) < 4.78 is 0.794. The van der Waals surface area contributed by atoms with E-state index in [0.29, 0.717) is 10.0 Å². The third-order valence-electron chi connectivity index (χ3n) is 1.60. The van der Waals surface area contributed by atoms with Crippen LogP contribution in [-0.2, 0) is 6.61 Å². The van der Waals surface area contributed by atoms with Gasteiger partial charge in [0, 0.05) is 6.20 Å². The van der Waals surface area contributed by atoms with E-state index in [2.05, 4.69) is 9.97 Å². The number of thiazole rings is 1. The SMILES string of the molecule is OCc1sc(Sc2ccccn2)nc1Cl. The second-order valence-corrected chi connectivity index (χ2v) is 5.33. The van der Waals surface area contributed by atoms with Crippen LogP contribution in [0.5, 0.6) is 0 Å². The molecule has 3 nitrogen and oxygen atoms in total. The molecular weight excluding hydrogens is 252 g/mol. The number of pyridine rings is 1. The van der Waals surface area contributed by atoms with E-state index in [0.717, 1.165) is 9.37 Å². The fraction of sp³-hybridized carbons (Fsp3) is 0.111. The smallest absolute Gasteiger partial charge is 0.158 e. The van der Waals surface area contributed by atoms with Gasteiger partial charge >= 0.3 is 0 Å². The summed E-state index contributed by atoms with van der Waals surface area (Å²) in [4.78, 5) is 8.98. The van der Waals surface area contributed by atoms with Crippen molar-refractivity contribution in [3.8, 4) is 0 Å². The number of halogens is 1. The van der Waals surface area contributed by atoms with Crippen molar-refractivity contribution in [3.63, 3.8) is 0 Å². The first-order valence-corrected chi connectivity index (χ1v) is 6.15. The maximum absolute atomic E-state index is 8.96. The molecule has 0 aliphatic rings. The van der Waals surface area contributed by atoms with Gasteiger partial charge in [0.15, 0.2) is 4.34 Å². The van der Waals surface area contributed by atoms with Crippen molar-refractivity contribution >= 4 is 34.7 Å². The molecule has 0 saturated heterocycles. The van der Waals surface area contributed by atoms with Gasteiger partial charge in [0.2, 0.25) is 0 Å². The molecule has 0 amide bonds. The van der Waals surface area contributed by atoms with Crippen LogP contribution in [0, 0.1) is 0 Å². The fourth-order valence-electron chi connectivity index (χ4n) is 0.951. The van der Waals surface area contributed by atoms with Crippen LogP contribution in [0.25, 0.3) is 0 Å². The average molecular weight is 259 g/mol. The molecular formula is C9H7ClN2OS2. The minimum Gasteiger partial charge on any atom is -0.391 e. The van der Waals surface area contributed by atoms with Gasteiger partial charge in [-0.05, 0) is 23.9 Å². The lowest BCUT2D eigenvalue weighted by Gasteiger charge is -1.93. The third-order valence-corrected chi connectivity index (χ3v) is 4.08. The molecule has 6 heteroatoms. The Morgan fingerprint density at radius 1 is 1.47 bits per heavy atom. The normalized spacial score (nSPS) is 10.5. The Morgan fingerprint density at radius 3 is 2.93 bits per heavy atom. The van der Waals surface area contributed by atoms with Gasteiger partial charge in [-0.25, -0.2) is 9.97 Å². The van der Waals surface area contributed by atoms with Crippen molar-refractivity contribution < 1.29 is 5.11 Å². The largest absolute Gasteiger partial charge is 0.391 e. The van der Waals surface area contributed by atoms with Gasteiger partial charge in [0.1, 0.15) is 10.2 Å². The van der Waals surface area contributed by atoms with Crippen LogP contribution in [0.15, 0.2) is 33.8 Å². The number of hydrogen-bond acceptors (Lipinski definition) is 5. The van der Waals surface area contributed by atoms with Crippen LogP contribution in [0.1, 0.15) is 4.88 Å². The van der Waals surface area contributed by atoms with E-state index in [1.54, 1.807) is 6.20 Å². The molecule has 2 aromatic heterocycles. The summed E-state index contributed by atoms with van der Waals surface area (Å²) in [6.07, 6.45) is 1.73. The summed E-state index contributed by atoms with van der Waals surface area (Å²) in [7, 11) is 0. The van der Waals surface area contributed by atoms with E-state index in [1.165, 1.54) is 23.1 Å². The highest BCUT2D eigenvalue weighted by molar-refractivity contribution is 8.01. The van der Waals surface area contributed by atoms with Crippen LogP contribution in [-0.4, -0.2) is 15.1 Å². The van der Waals surface area contributed by atoms with E-state index in [-0.39, 0.29) is 6.61 Å². The van der Waals surface area contributed by atoms with Crippen LogP contribution in [0.4, 0.5) is 0 Å². The van der Waals surface area contributed by atoms with Crippen LogP contribution in [0.3, 0.4) is 0 Å². The zero-order valence-corrected chi connectivity index (χ0v) is 9.94. The molecule has 78 valence electrons. The molecule has 2 aromatic rings. The molecule has 0 radical (unpaired) electrons. The summed E-state index contributed by atoms with van der Waals surface area (Å²) in [6, 6.07) is 5.67. The average Bonchev–Trinajstić information content (AvgIpc) is 2.60. The minimum atomic E-state index is -0.0702. The van der Waals surface area contributed by atoms with Crippen molar-refractivity contribution in [2.75, 3.05) is 0 Å². The number of aromatic nitrogens is 2. The minimum absolute atomic E-state index is 0.0702. The Morgan fingerprint density at radius 2 is 2.33 bits per heavy atom. The molecule has 1 N–H and O–H groups in total. The number of hydrogen-bond donors (Lipinski definition) is 1. The molecule has 0 fully saturated rings. The Kier molecular flexibility index (Phi) is 3.58. The first kappa shape index (κ1) is 10.9. The lowest BCUT2D eigenvalue weighted by molar-refractivity contribution is 0.285. The van der Waals surface area contributed by atoms with Gasteiger partial charge in [-0.15, -0.1) is 11.3 Å². The first-order chi connectivity index (χ1) is 7.29. The zero-order valence-electron chi connectivity index (χ0n) is 7.55. The highest BCUT2D eigenvalue weighted by Crippen LogP contribution is 2.33. The Bertz CT molecular complexity index is 447. The first-order valence-electron chi connectivity index (χ1n) is 4.14. The van der Waals surface area contributed by atoms with Gasteiger partial charge in [0.05, 0.1) is 11.5 Å². The molecule has 0 unspecified atom stereocenters. The Balaban J connectivity index is 2.18. The van der Waals surface area contributed by atoms with E-state index in [1.807, 2.05) is 18.2 Å². The number of aliphatic hydroxyl groups is 1. The molecule has 0 spiro atoms. The summed E-state index contributed by atoms with van der Waals surface area (Å²) >= 11 is 8.64. The third kappa shape index (κ3) is 2.69. The molecule has 2 rings (SSSR count). The van der Waals surface area contributed by atoms with Crippen LogP contribution in [0.2, 0.25) is 5.15 Å². The maximum Gasteiger partial charge on any atom is 0.158 e. The Labute approximate surface area is 100 Å². The molecule has 15 heavy (non-hydrogen) atoms. The number of nitrogens with zero attached hydrogens (tertiary/aromatic N) is 2. The lowest BCUT2D eigenvalue weighted by Crippen LogP contribution is -1.76. The summed E-state index contributed by atoms with van der Waals surface area (Å²) in [6.45, 7) is -0.0702. The topological polar surface area (TPSA) is 46.0 Å². The molecule has 0 aliphatic carbocycles. The van der Waals surface area contributed by atoms with Gasteiger partial charge in [0.25, 0.3) is 0 Å². The monoisotopic (exact) mass is 258 g/mol. The second kappa shape index (κ2) is 4.94.